The van der Waals surface area contributed by atoms with Crippen molar-refractivity contribution in [3.8, 4) is 5.82 Å². The second-order valence-corrected chi connectivity index (χ2v) is 5.46. The molecule has 5 heteroatoms. The molecule has 1 N–H and O–H groups in total. The molecule has 2 aromatic heterocycles. The maximum absolute atomic E-state index is 6.26. The summed E-state index contributed by atoms with van der Waals surface area (Å²) in [5, 5.41) is 10.6. The molecule has 0 spiro atoms. The molecule has 21 heavy (non-hydrogen) atoms. The van der Waals surface area contributed by atoms with Crippen LogP contribution in [0.3, 0.4) is 0 Å². The maximum atomic E-state index is 6.26. The van der Waals surface area contributed by atoms with E-state index in [1.807, 2.05) is 43.9 Å². The van der Waals surface area contributed by atoms with Crippen LogP contribution in [-0.4, -0.2) is 21.8 Å². The highest BCUT2D eigenvalue weighted by molar-refractivity contribution is 6.31. The molecule has 108 valence electrons. The van der Waals surface area contributed by atoms with Gasteiger partial charge in [-0.2, -0.15) is 5.10 Å². The maximum Gasteiger partial charge on any atom is 0.161 e. The Morgan fingerprint density at radius 2 is 1.90 bits per heavy atom. The van der Waals surface area contributed by atoms with E-state index in [9.17, 15) is 0 Å². The molecular formula is C16H17ClN4. The average molecular weight is 301 g/mol. The molecule has 0 aliphatic carbocycles. The number of fused-ring (bicyclic) bond motifs is 1. The van der Waals surface area contributed by atoms with Crippen molar-refractivity contribution in [3.05, 3.63) is 52.4 Å². The molecule has 0 aliphatic heterocycles. The highest BCUT2D eigenvalue weighted by Crippen LogP contribution is 2.27. The van der Waals surface area contributed by atoms with E-state index in [0.29, 0.717) is 5.02 Å². The van der Waals surface area contributed by atoms with Gasteiger partial charge in [0.25, 0.3) is 0 Å². The fourth-order valence-corrected chi connectivity index (χ4v) is 2.68. The molecular weight excluding hydrogens is 284 g/mol. The number of hydrogen-bond acceptors (Lipinski definition) is 3. The monoisotopic (exact) mass is 300 g/mol. The molecule has 0 radical (unpaired) electrons. The third kappa shape index (κ3) is 2.30. The number of nitrogens with one attached hydrogen (secondary N) is 1. The van der Waals surface area contributed by atoms with Crippen LogP contribution in [0.15, 0.2) is 30.5 Å². The van der Waals surface area contributed by atoms with Gasteiger partial charge >= 0.3 is 0 Å². The highest BCUT2D eigenvalue weighted by Gasteiger charge is 2.15. The van der Waals surface area contributed by atoms with Crippen molar-refractivity contribution < 1.29 is 0 Å². The topological polar surface area (TPSA) is 42.7 Å². The van der Waals surface area contributed by atoms with Crippen molar-refractivity contribution in [3.63, 3.8) is 0 Å². The molecule has 0 amide bonds. The minimum atomic E-state index is 0.695. The van der Waals surface area contributed by atoms with E-state index >= 15 is 0 Å². The summed E-state index contributed by atoms with van der Waals surface area (Å²) in [5.74, 6) is 0.818. The number of pyridine rings is 1. The van der Waals surface area contributed by atoms with Crippen molar-refractivity contribution in [1.82, 2.24) is 20.1 Å². The first-order valence-electron chi connectivity index (χ1n) is 6.86. The van der Waals surface area contributed by atoms with Gasteiger partial charge in [0.15, 0.2) is 5.82 Å². The lowest BCUT2D eigenvalue weighted by Crippen LogP contribution is -2.08. The van der Waals surface area contributed by atoms with E-state index in [1.165, 1.54) is 10.9 Å². The van der Waals surface area contributed by atoms with Crippen molar-refractivity contribution in [2.24, 2.45) is 0 Å². The number of nitrogens with zero attached hydrogens (tertiary/aromatic N) is 3. The molecule has 4 nitrogen and oxygen atoms in total. The molecule has 0 atom stereocenters. The fourth-order valence-electron chi connectivity index (χ4n) is 2.57. The van der Waals surface area contributed by atoms with Gasteiger partial charge in [-0.15, -0.1) is 0 Å². The van der Waals surface area contributed by atoms with Gasteiger partial charge in [-0.25, -0.2) is 9.67 Å². The summed E-state index contributed by atoms with van der Waals surface area (Å²) >= 11 is 6.26. The zero-order chi connectivity index (χ0) is 15.0. The fraction of sp³-hybridized carbons (Fsp3) is 0.250. The van der Waals surface area contributed by atoms with Crippen molar-refractivity contribution in [2.75, 3.05) is 7.05 Å². The van der Waals surface area contributed by atoms with Crippen molar-refractivity contribution in [1.29, 1.82) is 0 Å². The molecule has 0 unspecified atom stereocenters. The van der Waals surface area contributed by atoms with E-state index in [4.69, 9.17) is 11.6 Å². The normalized spacial score (nSPS) is 11.2. The van der Waals surface area contributed by atoms with Crippen LogP contribution in [0.4, 0.5) is 0 Å². The molecule has 1 aromatic carbocycles. The van der Waals surface area contributed by atoms with E-state index < -0.39 is 0 Å². The van der Waals surface area contributed by atoms with Gasteiger partial charge in [0.05, 0.1) is 16.4 Å². The Morgan fingerprint density at radius 1 is 1.19 bits per heavy atom. The second-order valence-electron chi connectivity index (χ2n) is 5.08. The van der Waals surface area contributed by atoms with Gasteiger partial charge in [0, 0.05) is 18.1 Å². The van der Waals surface area contributed by atoms with Crippen LogP contribution in [-0.2, 0) is 6.54 Å². The molecule has 0 saturated carbocycles. The van der Waals surface area contributed by atoms with Crippen LogP contribution in [0.1, 0.15) is 17.0 Å². The summed E-state index contributed by atoms with van der Waals surface area (Å²) in [4.78, 5) is 4.61. The summed E-state index contributed by atoms with van der Waals surface area (Å²) in [7, 11) is 1.93. The zero-order valence-electron chi connectivity index (χ0n) is 12.3. The van der Waals surface area contributed by atoms with Crippen LogP contribution >= 0.6 is 11.6 Å². The van der Waals surface area contributed by atoms with Gasteiger partial charge in [0.1, 0.15) is 0 Å². The quantitative estimate of drug-likeness (QED) is 0.806. The summed E-state index contributed by atoms with van der Waals surface area (Å²) < 4.78 is 1.82. The minimum absolute atomic E-state index is 0.695. The molecule has 3 aromatic rings. The first-order valence-corrected chi connectivity index (χ1v) is 7.24. The average Bonchev–Trinajstić information content (AvgIpc) is 2.75. The lowest BCUT2D eigenvalue weighted by atomic mass is 10.1. The number of aromatic nitrogens is 3. The summed E-state index contributed by atoms with van der Waals surface area (Å²) in [6.07, 6.45) is 1.90. The Balaban J connectivity index is 2.29. The highest BCUT2D eigenvalue weighted by atomic mass is 35.5. The third-order valence-electron chi connectivity index (χ3n) is 3.63. The minimum Gasteiger partial charge on any atom is -0.316 e. The number of benzene rings is 1. The number of halogens is 1. The van der Waals surface area contributed by atoms with Crippen LogP contribution in [0.25, 0.3) is 16.6 Å². The molecule has 0 aliphatic rings. The Morgan fingerprint density at radius 3 is 2.52 bits per heavy atom. The molecule has 2 heterocycles. The largest absolute Gasteiger partial charge is 0.316 e. The lowest BCUT2D eigenvalue weighted by Gasteiger charge is -2.11. The van der Waals surface area contributed by atoms with E-state index in [2.05, 4.69) is 27.5 Å². The summed E-state index contributed by atoms with van der Waals surface area (Å²) in [5.41, 5.74) is 2.90. The first-order chi connectivity index (χ1) is 10.1. The Kier molecular flexibility index (Phi) is 3.66. The predicted molar refractivity (Wildman–Crippen MR) is 86.1 cm³/mol. The number of hydrogen-bond donors (Lipinski definition) is 1. The first kappa shape index (κ1) is 14.0. The lowest BCUT2D eigenvalue weighted by molar-refractivity contribution is 0.798. The van der Waals surface area contributed by atoms with E-state index in [0.717, 1.165) is 29.1 Å². The Hall–Kier alpha value is -1.91. The zero-order valence-corrected chi connectivity index (χ0v) is 13.1. The van der Waals surface area contributed by atoms with Gasteiger partial charge in [0.2, 0.25) is 0 Å². The molecule has 0 saturated heterocycles. The summed E-state index contributed by atoms with van der Waals surface area (Å²) in [6, 6.07) is 8.24. The standard InChI is InChI=1S/C16H17ClN4/c1-10-15(17)11(2)21(20-10)16-14-7-5-4-6-13(14)12(8-18-3)9-19-16/h4-7,9,18H,8H2,1-3H3. The second kappa shape index (κ2) is 5.47. The van der Waals surface area contributed by atoms with Crippen LogP contribution in [0.2, 0.25) is 5.02 Å². The Bertz CT molecular complexity index is 807. The SMILES string of the molecule is CNCc1cnc(-n2nc(C)c(Cl)c2C)c2ccccc12. The van der Waals surface area contributed by atoms with Gasteiger partial charge in [-0.1, -0.05) is 35.9 Å². The van der Waals surface area contributed by atoms with Crippen LogP contribution in [0, 0.1) is 13.8 Å². The van der Waals surface area contributed by atoms with Crippen molar-refractivity contribution in [2.45, 2.75) is 20.4 Å². The summed E-state index contributed by atoms with van der Waals surface area (Å²) in [6.45, 7) is 4.65. The third-order valence-corrected chi connectivity index (χ3v) is 4.17. The molecule has 3 rings (SSSR count). The van der Waals surface area contributed by atoms with E-state index in [1.54, 1.807) is 0 Å². The van der Waals surface area contributed by atoms with Gasteiger partial charge in [-0.05, 0) is 31.8 Å². The van der Waals surface area contributed by atoms with Crippen molar-refractivity contribution >= 4 is 22.4 Å². The smallest absolute Gasteiger partial charge is 0.161 e. The van der Waals surface area contributed by atoms with Crippen LogP contribution < -0.4 is 5.32 Å². The van der Waals surface area contributed by atoms with Crippen LogP contribution in [0.5, 0.6) is 0 Å². The Labute approximate surface area is 128 Å². The number of rotatable bonds is 3. The van der Waals surface area contributed by atoms with Gasteiger partial charge in [-0.3, -0.25) is 0 Å². The predicted octanol–water partition coefficient (Wildman–Crippen LogP) is 3.41. The van der Waals surface area contributed by atoms with Gasteiger partial charge < -0.3 is 5.32 Å². The molecule has 0 fully saturated rings. The van der Waals surface area contributed by atoms with E-state index in [-0.39, 0.29) is 0 Å². The molecule has 0 bridgehead atoms. The number of aryl methyl sites for hydroxylation is 1.